The number of rotatable bonds is 4. The molecule has 0 saturated carbocycles. The van der Waals surface area contributed by atoms with Gasteiger partial charge in [-0.2, -0.15) is 0 Å². The quantitative estimate of drug-likeness (QED) is 0.786. The summed E-state index contributed by atoms with van der Waals surface area (Å²) < 4.78 is 2.94. The predicted molar refractivity (Wildman–Crippen MR) is 110 cm³/mol. The molecule has 1 aromatic heterocycles. The summed E-state index contributed by atoms with van der Waals surface area (Å²) in [6.07, 6.45) is 1.66. The highest BCUT2D eigenvalue weighted by atomic mass is 16.2. The molecule has 0 aliphatic carbocycles. The SMILES string of the molecule is CC(C)n1c(N2CCCN(C(=O)[C@H]3CCC(=O)N3)CC2)cc(=O)n(C(C)C)c1=O. The van der Waals surface area contributed by atoms with Crippen molar-refractivity contribution in [1.29, 1.82) is 0 Å². The van der Waals surface area contributed by atoms with Gasteiger partial charge in [-0.05, 0) is 40.5 Å². The second-order valence-corrected chi connectivity index (χ2v) is 8.38. The third-order valence-corrected chi connectivity index (χ3v) is 5.61. The van der Waals surface area contributed by atoms with Crippen LogP contribution in [-0.2, 0) is 9.59 Å². The summed E-state index contributed by atoms with van der Waals surface area (Å²) in [5, 5.41) is 2.74. The first-order valence-corrected chi connectivity index (χ1v) is 10.4. The summed E-state index contributed by atoms with van der Waals surface area (Å²) in [5.41, 5.74) is -0.605. The van der Waals surface area contributed by atoms with E-state index in [1.54, 1.807) is 9.47 Å². The van der Waals surface area contributed by atoms with E-state index in [9.17, 15) is 19.2 Å². The Morgan fingerprint density at radius 1 is 1.00 bits per heavy atom. The van der Waals surface area contributed by atoms with E-state index in [1.165, 1.54) is 10.6 Å². The Kier molecular flexibility index (Phi) is 6.14. The van der Waals surface area contributed by atoms with E-state index < -0.39 is 6.04 Å². The topological polar surface area (TPSA) is 96.7 Å². The lowest BCUT2D eigenvalue weighted by atomic mass is 10.2. The fourth-order valence-electron chi connectivity index (χ4n) is 4.15. The molecule has 2 aliphatic rings. The van der Waals surface area contributed by atoms with E-state index in [4.69, 9.17) is 0 Å². The van der Waals surface area contributed by atoms with Crippen molar-refractivity contribution < 1.29 is 9.59 Å². The fraction of sp³-hybridized carbons (Fsp3) is 0.700. The van der Waals surface area contributed by atoms with Crippen LogP contribution in [0.15, 0.2) is 15.7 Å². The van der Waals surface area contributed by atoms with Crippen LogP contribution in [0.2, 0.25) is 0 Å². The van der Waals surface area contributed by atoms with E-state index in [0.717, 1.165) is 6.42 Å². The van der Waals surface area contributed by atoms with Crippen LogP contribution in [0, 0.1) is 0 Å². The number of aromatic nitrogens is 2. The number of amides is 2. The number of anilines is 1. The Balaban J connectivity index is 1.85. The van der Waals surface area contributed by atoms with Gasteiger partial charge in [-0.25, -0.2) is 4.79 Å². The van der Waals surface area contributed by atoms with Crippen molar-refractivity contribution in [2.24, 2.45) is 0 Å². The lowest BCUT2D eigenvalue weighted by Gasteiger charge is -2.29. The molecule has 1 N–H and O–H groups in total. The van der Waals surface area contributed by atoms with Gasteiger partial charge in [-0.15, -0.1) is 0 Å². The van der Waals surface area contributed by atoms with Crippen LogP contribution in [-0.4, -0.2) is 58.1 Å². The first-order chi connectivity index (χ1) is 13.7. The van der Waals surface area contributed by atoms with E-state index in [1.807, 2.05) is 32.6 Å². The molecule has 0 unspecified atom stereocenters. The zero-order valence-electron chi connectivity index (χ0n) is 17.7. The van der Waals surface area contributed by atoms with Crippen molar-refractivity contribution in [3.05, 3.63) is 26.9 Å². The molecule has 3 heterocycles. The third kappa shape index (κ3) is 4.23. The molecule has 0 radical (unpaired) electrons. The number of carbonyl (C=O) groups is 2. The Bertz CT molecular complexity index is 901. The minimum Gasteiger partial charge on any atom is -0.356 e. The summed E-state index contributed by atoms with van der Waals surface area (Å²) in [6, 6.07) is 0.791. The monoisotopic (exact) mass is 405 g/mol. The molecule has 1 atom stereocenters. The van der Waals surface area contributed by atoms with Gasteiger partial charge in [0.15, 0.2) is 0 Å². The maximum atomic E-state index is 13.0. The zero-order valence-corrected chi connectivity index (χ0v) is 17.7. The van der Waals surface area contributed by atoms with E-state index in [-0.39, 0.29) is 35.1 Å². The Labute approximate surface area is 170 Å². The van der Waals surface area contributed by atoms with E-state index >= 15 is 0 Å². The predicted octanol–water partition coefficient (Wildman–Crippen LogP) is 0.489. The minimum absolute atomic E-state index is 0.0471. The second-order valence-electron chi connectivity index (χ2n) is 8.38. The molecule has 9 heteroatoms. The smallest absolute Gasteiger partial charge is 0.333 e. The molecule has 2 aliphatic heterocycles. The van der Waals surface area contributed by atoms with Gasteiger partial charge in [0.05, 0.1) is 0 Å². The summed E-state index contributed by atoms with van der Waals surface area (Å²) in [4.78, 5) is 53.6. The van der Waals surface area contributed by atoms with Gasteiger partial charge in [0.25, 0.3) is 5.56 Å². The van der Waals surface area contributed by atoms with Gasteiger partial charge in [-0.3, -0.25) is 23.5 Å². The molecule has 0 aromatic carbocycles. The molecule has 160 valence electrons. The highest BCUT2D eigenvalue weighted by molar-refractivity contribution is 5.90. The normalized spacial score (nSPS) is 20.3. The molecule has 2 fully saturated rings. The molecular formula is C20H31N5O4. The zero-order chi connectivity index (χ0) is 21.3. The first-order valence-electron chi connectivity index (χ1n) is 10.4. The largest absolute Gasteiger partial charge is 0.356 e. The van der Waals surface area contributed by atoms with Crippen LogP contribution in [0.1, 0.15) is 59.0 Å². The maximum absolute atomic E-state index is 13.0. The van der Waals surface area contributed by atoms with Crippen molar-refractivity contribution in [2.75, 3.05) is 31.1 Å². The first kappa shape index (κ1) is 21.1. The Morgan fingerprint density at radius 3 is 2.28 bits per heavy atom. The maximum Gasteiger partial charge on any atom is 0.333 e. The average molecular weight is 405 g/mol. The van der Waals surface area contributed by atoms with Crippen LogP contribution < -0.4 is 21.5 Å². The standard InChI is InChI=1S/C20H31N5O4/c1-13(2)24-17(12-18(27)25(14(3)4)20(24)29)22-8-5-9-23(11-10-22)19(28)15-6-7-16(26)21-15/h12-15H,5-11H2,1-4H3,(H,21,26)/t15-/m1/s1. The Morgan fingerprint density at radius 2 is 1.69 bits per heavy atom. The van der Waals surface area contributed by atoms with Crippen molar-refractivity contribution >= 4 is 17.6 Å². The summed E-state index contributed by atoms with van der Waals surface area (Å²) >= 11 is 0. The van der Waals surface area contributed by atoms with E-state index in [2.05, 4.69) is 5.32 Å². The summed E-state index contributed by atoms with van der Waals surface area (Å²) in [7, 11) is 0. The van der Waals surface area contributed by atoms with Crippen LogP contribution in [0.3, 0.4) is 0 Å². The van der Waals surface area contributed by atoms with Crippen LogP contribution in [0.25, 0.3) is 0 Å². The molecule has 2 saturated heterocycles. The third-order valence-electron chi connectivity index (χ3n) is 5.61. The van der Waals surface area contributed by atoms with Gasteiger partial charge < -0.3 is 15.1 Å². The van der Waals surface area contributed by atoms with Crippen LogP contribution in [0.5, 0.6) is 0 Å². The molecule has 0 spiro atoms. The van der Waals surface area contributed by atoms with Gasteiger partial charge in [-0.1, -0.05) is 0 Å². The molecule has 3 rings (SSSR count). The van der Waals surface area contributed by atoms with E-state index in [0.29, 0.717) is 44.8 Å². The number of nitrogens with one attached hydrogen (secondary N) is 1. The number of nitrogens with zero attached hydrogens (tertiary/aromatic N) is 4. The van der Waals surface area contributed by atoms with Crippen molar-refractivity contribution in [1.82, 2.24) is 19.4 Å². The lowest BCUT2D eigenvalue weighted by Crippen LogP contribution is -2.46. The van der Waals surface area contributed by atoms with Gasteiger partial charge >= 0.3 is 5.69 Å². The summed E-state index contributed by atoms with van der Waals surface area (Å²) in [6.45, 7) is 9.77. The van der Waals surface area contributed by atoms with Crippen molar-refractivity contribution in [3.63, 3.8) is 0 Å². The average Bonchev–Trinajstić information content (AvgIpc) is 2.92. The van der Waals surface area contributed by atoms with Crippen molar-refractivity contribution in [2.45, 2.75) is 65.1 Å². The Hall–Kier alpha value is -2.58. The molecule has 1 aromatic rings. The lowest BCUT2D eigenvalue weighted by molar-refractivity contribution is -0.134. The van der Waals surface area contributed by atoms with Crippen LogP contribution in [0.4, 0.5) is 5.82 Å². The molecule has 0 bridgehead atoms. The highest BCUT2D eigenvalue weighted by Gasteiger charge is 2.32. The molecule has 29 heavy (non-hydrogen) atoms. The highest BCUT2D eigenvalue weighted by Crippen LogP contribution is 2.19. The molecule has 9 nitrogen and oxygen atoms in total. The number of hydrogen-bond donors (Lipinski definition) is 1. The van der Waals surface area contributed by atoms with Crippen molar-refractivity contribution in [3.8, 4) is 0 Å². The number of hydrogen-bond acceptors (Lipinski definition) is 5. The second kappa shape index (κ2) is 8.42. The number of carbonyl (C=O) groups excluding carboxylic acids is 2. The van der Waals surface area contributed by atoms with Crippen LogP contribution >= 0.6 is 0 Å². The fourth-order valence-corrected chi connectivity index (χ4v) is 4.15. The van der Waals surface area contributed by atoms with Gasteiger partial charge in [0, 0.05) is 50.7 Å². The summed E-state index contributed by atoms with van der Waals surface area (Å²) in [5.74, 6) is 0.482. The molecule has 2 amide bonds. The molecular weight excluding hydrogens is 374 g/mol. The minimum atomic E-state index is -0.433. The van der Waals surface area contributed by atoms with Gasteiger partial charge in [0.1, 0.15) is 11.9 Å². The van der Waals surface area contributed by atoms with Gasteiger partial charge in [0.2, 0.25) is 11.8 Å².